The number of hydrogen-bond acceptors (Lipinski definition) is 2. The third-order valence-corrected chi connectivity index (χ3v) is 5.37. The Morgan fingerprint density at radius 1 is 1.22 bits per heavy atom. The second-order valence-electron chi connectivity index (χ2n) is 6.23. The summed E-state index contributed by atoms with van der Waals surface area (Å²) in [5, 5.41) is 3.44. The highest BCUT2D eigenvalue weighted by Crippen LogP contribution is 2.43. The lowest BCUT2D eigenvalue weighted by Gasteiger charge is -2.31. The van der Waals surface area contributed by atoms with Crippen molar-refractivity contribution >= 4 is 18.3 Å². The number of carbonyl (C=O) groups is 1. The van der Waals surface area contributed by atoms with Crippen LogP contribution < -0.4 is 5.32 Å². The summed E-state index contributed by atoms with van der Waals surface area (Å²) in [4.78, 5) is 14.9. The minimum atomic E-state index is 0. The largest absolute Gasteiger partial charge is 0.342 e. The van der Waals surface area contributed by atoms with Gasteiger partial charge in [0, 0.05) is 31.6 Å². The first kappa shape index (κ1) is 14.1. The Bertz CT molecular complexity index is 303. The monoisotopic (exact) mass is 272 g/mol. The van der Waals surface area contributed by atoms with Crippen LogP contribution in [0.3, 0.4) is 0 Å². The molecule has 0 aromatic rings. The van der Waals surface area contributed by atoms with Crippen LogP contribution in [0.25, 0.3) is 0 Å². The molecular weight excluding hydrogens is 248 g/mol. The highest BCUT2D eigenvalue weighted by molar-refractivity contribution is 5.85. The molecule has 18 heavy (non-hydrogen) atoms. The van der Waals surface area contributed by atoms with Gasteiger partial charge in [-0.15, -0.1) is 12.4 Å². The average molecular weight is 273 g/mol. The van der Waals surface area contributed by atoms with Crippen molar-refractivity contribution in [2.24, 2.45) is 17.3 Å². The summed E-state index contributed by atoms with van der Waals surface area (Å²) in [6, 6.07) is 0. The molecule has 0 aromatic heterocycles. The average Bonchev–Trinajstić information content (AvgIpc) is 3.03. The summed E-state index contributed by atoms with van der Waals surface area (Å²) in [7, 11) is 0. The van der Waals surface area contributed by atoms with Crippen LogP contribution in [0, 0.1) is 17.3 Å². The Balaban J connectivity index is 0.00000120. The number of halogens is 1. The van der Waals surface area contributed by atoms with Gasteiger partial charge in [-0.05, 0) is 31.1 Å². The number of amides is 1. The Kier molecular flexibility index (Phi) is 4.22. The molecule has 2 heterocycles. The molecule has 4 heteroatoms. The molecule has 3 fully saturated rings. The van der Waals surface area contributed by atoms with Gasteiger partial charge in [-0.1, -0.05) is 19.8 Å². The summed E-state index contributed by atoms with van der Waals surface area (Å²) in [5.41, 5.74) is 0.0199. The van der Waals surface area contributed by atoms with E-state index in [1.807, 2.05) is 0 Å². The molecule has 3 nitrogen and oxygen atoms in total. The van der Waals surface area contributed by atoms with Crippen LogP contribution >= 0.6 is 12.4 Å². The number of rotatable bonds is 2. The van der Waals surface area contributed by atoms with Gasteiger partial charge in [0.05, 0.1) is 0 Å². The first-order valence-corrected chi connectivity index (χ1v) is 7.25. The predicted octanol–water partition coefficient (Wildman–Crippen LogP) is 2.06. The maximum absolute atomic E-state index is 12.7. The fourth-order valence-electron chi connectivity index (χ4n) is 4.13. The fraction of sp³-hybridized carbons (Fsp3) is 0.929. The van der Waals surface area contributed by atoms with Crippen molar-refractivity contribution in [3.63, 3.8) is 0 Å². The molecule has 2 aliphatic heterocycles. The Labute approximate surface area is 116 Å². The molecule has 0 spiro atoms. The molecule has 0 radical (unpaired) electrons. The minimum absolute atomic E-state index is 0. The van der Waals surface area contributed by atoms with Crippen LogP contribution in [0.4, 0.5) is 0 Å². The van der Waals surface area contributed by atoms with Crippen LogP contribution in [0.1, 0.15) is 39.0 Å². The van der Waals surface area contributed by atoms with E-state index in [-0.39, 0.29) is 17.8 Å². The van der Waals surface area contributed by atoms with Crippen molar-refractivity contribution < 1.29 is 4.79 Å². The number of carbonyl (C=O) groups excluding carboxylic acids is 1. The third kappa shape index (κ3) is 2.16. The number of nitrogens with one attached hydrogen (secondary N) is 1. The normalized spacial score (nSPS) is 33.3. The zero-order valence-electron chi connectivity index (χ0n) is 11.3. The Morgan fingerprint density at radius 2 is 1.78 bits per heavy atom. The highest BCUT2D eigenvalue weighted by Gasteiger charge is 2.46. The molecule has 0 unspecified atom stereocenters. The van der Waals surface area contributed by atoms with Crippen molar-refractivity contribution in [3.05, 3.63) is 0 Å². The van der Waals surface area contributed by atoms with Gasteiger partial charge in [0.15, 0.2) is 0 Å². The molecule has 1 aliphatic carbocycles. The second kappa shape index (κ2) is 5.38. The standard InChI is InChI=1S/C14H24N2O.ClH/c1-2-14(5-3-4-6-14)13(17)16-9-11-7-15-8-12(11)10-16;/h11-12,15H,2-10H2,1H3;1H/t11-,12+;. The Morgan fingerprint density at radius 3 is 2.28 bits per heavy atom. The molecule has 1 N–H and O–H groups in total. The summed E-state index contributed by atoms with van der Waals surface area (Å²) in [6.07, 6.45) is 5.80. The number of fused-ring (bicyclic) bond motifs is 1. The van der Waals surface area contributed by atoms with Crippen LogP contribution in [0.2, 0.25) is 0 Å². The zero-order valence-corrected chi connectivity index (χ0v) is 12.1. The smallest absolute Gasteiger partial charge is 0.228 e. The van der Waals surface area contributed by atoms with Crippen molar-refractivity contribution in [2.75, 3.05) is 26.2 Å². The van der Waals surface area contributed by atoms with Gasteiger partial charge in [0.25, 0.3) is 0 Å². The van der Waals surface area contributed by atoms with Gasteiger partial charge in [-0.3, -0.25) is 4.79 Å². The van der Waals surface area contributed by atoms with Crippen molar-refractivity contribution in [1.29, 1.82) is 0 Å². The van der Waals surface area contributed by atoms with Gasteiger partial charge in [-0.25, -0.2) is 0 Å². The minimum Gasteiger partial charge on any atom is -0.342 e. The zero-order chi connectivity index (χ0) is 11.9. The predicted molar refractivity (Wildman–Crippen MR) is 74.9 cm³/mol. The first-order chi connectivity index (χ1) is 8.25. The van der Waals surface area contributed by atoms with E-state index in [0.29, 0.717) is 5.91 Å². The summed E-state index contributed by atoms with van der Waals surface area (Å²) < 4.78 is 0. The van der Waals surface area contributed by atoms with Gasteiger partial charge < -0.3 is 10.2 Å². The van der Waals surface area contributed by atoms with Crippen LogP contribution in [-0.4, -0.2) is 37.0 Å². The highest BCUT2D eigenvalue weighted by atomic mass is 35.5. The molecule has 104 valence electrons. The molecule has 2 atom stereocenters. The topological polar surface area (TPSA) is 32.3 Å². The summed E-state index contributed by atoms with van der Waals surface area (Å²) in [5.74, 6) is 1.94. The van der Waals surface area contributed by atoms with Gasteiger partial charge in [0.2, 0.25) is 5.91 Å². The van der Waals surface area contributed by atoms with E-state index in [4.69, 9.17) is 0 Å². The van der Waals surface area contributed by atoms with E-state index in [1.165, 1.54) is 12.8 Å². The first-order valence-electron chi connectivity index (χ1n) is 7.25. The van der Waals surface area contributed by atoms with Gasteiger partial charge >= 0.3 is 0 Å². The quantitative estimate of drug-likeness (QED) is 0.835. The van der Waals surface area contributed by atoms with E-state index < -0.39 is 0 Å². The van der Waals surface area contributed by atoms with E-state index in [2.05, 4.69) is 17.1 Å². The molecule has 0 bridgehead atoms. The molecule has 3 aliphatic rings. The lowest BCUT2D eigenvalue weighted by molar-refractivity contribution is -0.141. The fourth-order valence-corrected chi connectivity index (χ4v) is 4.13. The molecule has 0 aromatic carbocycles. The van der Waals surface area contributed by atoms with E-state index in [0.717, 1.165) is 57.3 Å². The van der Waals surface area contributed by atoms with Crippen LogP contribution in [-0.2, 0) is 4.79 Å². The molecule has 1 saturated carbocycles. The molecular formula is C14H25ClN2O. The summed E-state index contributed by atoms with van der Waals surface area (Å²) >= 11 is 0. The lowest BCUT2D eigenvalue weighted by Crippen LogP contribution is -2.42. The number of nitrogens with zero attached hydrogens (tertiary/aromatic N) is 1. The van der Waals surface area contributed by atoms with Crippen LogP contribution in [0.5, 0.6) is 0 Å². The SMILES string of the molecule is CCC1(C(=O)N2C[C@H]3CNC[C@H]3C2)CCCC1.Cl. The van der Waals surface area contributed by atoms with Crippen molar-refractivity contribution in [1.82, 2.24) is 10.2 Å². The molecule has 1 amide bonds. The van der Waals surface area contributed by atoms with E-state index in [1.54, 1.807) is 0 Å². The second-order valence-corrected chi connectivity index (χ2v) is 6.23. The van der Waals surface area contributed by atoms with Gasteiger partial charge in [-0.2, -0.15) is 0 Å². The van der Waals surface area contributed by atoms with Crippen molar-refractivity contribution in [2.45, 2.75) is 39.0 Å². The van der Waals surface area contributed by atoms with Crippen molar-refractivity contribution in [3.8, 4) is 0 Å². The molecule has 3 rings (SSSR count). The summed E-state index contributed by atoms with van der Waals surface area (Å²) in [6.45, 7) is 6.46. The maximum Gasteiger partial charge on any atom is 0.228 e. The van der Waals surface area contributed by atoms with Crippen LogP contribution in [0.15, 0.2) is 0 Å². The lowest BCUT2D eigenvalue weighted by atomic mass is 9.82. The van der Waals surface area contributed by atoms with E-state index >= 15 is 0 Å². The van der Waals surface area contributed by atoms with E-state index in [9.17, 15) is 4.79 Å². The third-order valence-electron chi connectivity index (χ3n) is 5.37. The van der Waals surface area contributed by atoms with Gasteiger partial charge in [0.1, 0.15) is 0 Å². The number of hydrogen-bond donors (Lipinski definition) is 1. The maximum atomic E-state index is 12.7. The molecule has 2 saturated heterocycles. The number of likely N-dealkylation sites (tertiary alicyclic amines) is 1. The Hall–Kier alpha value is -0.280.